The number of amides is 1. The highest BCUT2D eigenvalue weighted by Crippen LogP contribution is 2.21. The van der Waals surface area contributed by atoms with Gasteiger partial charge in [-0.25, -0.2) is 9.55 Å². The summed E-state index contributed by atoms with van der Waals surface area (Å²) in [6.07, 6.45) is -3.80. The number of imidazole rings is 1. The molecule has 1 aromatic carbocycles. The molecular formula is C15H15F3N4O6S. The number of nitrogens with zero attached hydrogens (tertiary/aromatic N) is 3. The van der Waals surface area contributed by atoms with Crippen LogP contribution in [0.3, 0.4) is 0 Å². The molecule has 1 heterocycles. The molecule has 1 amide bonds. The van der Waals surface area contributed by atoms with Gasteiger partial charge in [-0.2, -0.15) is 21.6 Å². The molecule has 0 bridgehead atoms. The Bertz CT molecular complexity index is 1000. The second kappa shape index (κ2) is 8.57. The summed E-state index contributed by atoms with van der Waals surface area (Å²) in [6.45, 7) is -1.47. The van der Waals surface area contributed by atoms with Crippen LogP contribution in [0, 0.1) is 17.0 Å². The molecule has 0 spiro atoms. The van der Waals surface area contributed by atoms with E-state index in [1.807, 2.05) is 0 Å². The third kappa shape index (κ3) is 6.25. The Morgan fingerprint density at radius 2 is 1.93 bits per heavy atom. The summed E-state index contributed by atoms with van der Waals surface area (Å²) in [5.41, 5.74) is 0.399. The fourth-order valence-corrected chi connectivity index (χ4v) is 3.03. The van der Waals surface area contributed by atoms with E-state index in [4.69, 9.17) is 4.18 Å². The fourth-order valence-electron chi connectivity index (χ4n) is 2.16. The standard InChI is InChI=1S/C15H15F3N4O6S/c1-10-2-4-11(5-3-10)29(26,27)28-7-12-14(22(24)25)21(9-20-12)6-13(23)19-8-15(16,17)18/h2-5,9H,6-8H2,1H3,(H,19,23). The molecular weight excluding hydrogens is 421 g/mol. The van der Waals surface area contributed by atoms with E-state index in [1.165, 1.54) is 24.3 Å². The average Bonchev–Trinajstić information content (AvgIpc) is 3.01. The van der Waals surface area contributed by atoms with Crippen LogP contribution in [0.2, 0.25) is 0 Å². The van der Waals surface area contributed by atoms with Crippen LogP contribution < -0.4 is 5.32 Å². The maximum atomic E-state index is 12.2. The Hall–Kier alpha value is -3.00. The van der Waals surface area contributed by atoms with Gasteiger partial charge in [0.15, 0.2) is 18.6 Å². The number of nitrogens with one attached hydrogen (secondary N) is 1. The van der Waals surface area contributed by atoms with Crippen LogP contribution in [0.1, 0.15) is 11.3 Å². The van der Waals surface area contributed by atoms with Gasteiger partial charge in [-0.1, -0.05) is 17.7 Å². The largest absolute Gasteiger partial charge is 0.405 e. The molecule has 1 N–H and O–H groups in total. The van der Waals surface area contributed by atoms with Crippen molar-refractivity contribution in [2.45, 2.75) is 31.1 Å². The molecule has 0 atom stereocenters. The zero-order valence-electron chi connectivity index (χ0n) is 14.8. The molecule has 0 fully saturated rings. The van der Waals surface area contributed by atoms with Crippen LogP contribution in [-0.4, -0.2) is 41.5 Å². The van der Waals surface area contributed by atoms with Crippen LogP contribution in [0.4, 0.5) is 19.0 Å². The Labute approximate surface area is 162 Å². The fraction of sp³-hybridized carbons (Fsp3) is 0.333. The predicted molar refractivity (Wildman–Crippen MR) is 91.1 cm³/mol. The van der Waals surface area contributed by atoms with E-state index in [9.17, 15) is 36.5 Å². The molecule has 158 valence electrons. The van der Waals surface area contributed by atoms with E-state index in [2.05, 4.69) is 4.98 Å². The van der Waals surface area contributed by atoms with E-state index >= 15 is 0 Å². The minimum atomic E-state index is -4.64. The van der Waals surface area contributed by atoms with Crippen LogP contribution in [0.5, 0.6) is 0 Å². The zero-order chi connectivity index (χ0) is 21.8. The number of alkyl halides is 3. The molecule has 1 aromatic heterocycles. The number of hydrogen-bond donors (Lipinski definition) is 1. The summed E-state index contributed by atoms with van der Waals surface area (Å²) in [7, 11) is -4.23. The average molecular weight is 436 g/mol. The second-order valence-corrected chi connectivity index (χ2v) is 7.44. The molecule has 0 unspecified atom stereocenters. The number of carbonyl (C=O) groups is 1. The molecule has 2 aromatic rings. The summed E-state index contributed by atoms with van der Waals surface area (Å²) in [6, 6.07) is 5.66. The Kier molecular flexibility index (Phi) is 6.58. The monoisotopic (exact) mass is 436 g/mol. The smallest absolute Gasteiger partial charge is 0.358 e. The van der Waals surface area contributed by atoms with E-state index in [0.29, 0.717) is 4.57 Å². The van der Waals surface area contributed by atoms with Gasteiger partial charge in [-0.3, -0.25) is 8.98 Å². The summed E-state index contributed by atoms with van der Waals surface area (Å²) in [4.78, 5) is 25.4. The topological polar surface area (TPSA) is 133 Å². The van der Waals surface area contributed by atoms with Crippen molar-refractivity contribution in [2.75, 3.05) is 6.54 Å². The molecule has 0 aliphatic heterocycles. The van der Waals surface area contributed by atoms with Gasteiger partial charge in [0.1, 0.15) is 13.2 Å². The van der Waals surface area contributed by atoms with Crippen molar-refractivity contribution in [3.63, 3.8) is 0 Å². The Morgan fingerprint density at radius 3 is 2.48 bits per heavy atom. The van der Waals surface area contributed by atoms with Crippen molar-refractivity contribution >= 4 is 21.8 Å². The molecule has 2 rings (SSSR count). The number of aromatic nitrogens is 2. The van der Waals surface area contributed by atoms with Gasteiger partial charge >= 0.3 is 12.0 Å². The lowest BCUT2D eigenvalue weighted by molar-refractivity contribution is -0.393. The van der Waals surface area contributed by atoms with Crippen molar-refractivity contribution < 1.29 is 35.5 Å². The lowest BCUT2D eigenvalue weighted by atomic mass is 10.2. The normalized spacial score (nSPS) is 12.0. The van der Waals surface area contributed by atoms with Gasteiger partial charge in [0.25, 0.3) is 16.0 Å². The van der Waals surface area contributed by atoms with E-state index in [1.54, 1.807) is 12.2 Å². The van der Waals surface area contributed by atoms with Gasteiger partial charge in [0, 0.05) is 0 Å². The van der Waals surface area contributed by atoms with Gasteiger partial charge in [-0.15, -0.1) is 0 Å². The molecule has 0 aliphatic rings. The first-order valence-electron chi connectivity index (χ1n) is 7.87. The number of hydrogen-bond acceptors (Lipinski definition) is 7. The summed E-state index contributed by atoms with van der Waals surface area (Å²) < 4.78 is 66.2. The first-order chi connectivity index (χ1) is 13.4. The lowest BCUT2D eigenvalue weighted by Crippen LogP contribution is -2.35. The SMILES string of the molecule is Cc1ccc(S(=O)(=O)OCc2ncn(CC(=O)NCC(F)(F)F)c2[N+](=O)[O-])cc1. The van der Waals surface area contributed by atoms with Crippen molar-refractivity contribution in [3.8, 4) is 0 Å². The van der Waals surface area contributed by atoms with Crippen LogP contribution >= 0.6 is 0 Å². The van der Waals surface area contributed by atoms with Crippen LogP contribution in [0.25, 0.3) is 0 Å². The zero-order valence-corrected chi connectivity index (χ0v) is 15.7. The number of benzene rings is 1. The number of rotatable bonds is 8. The maximum Gasteiger partial charge on any atom is 0.405 e. The highest BCUT2D eigenvalue weighted by atomic mass is 32.2. The van der Waals surface area contributed by atoms with Crippen molar-refractivity contribution in [2.24, 2.45) is 0 Å². The van der Waals surface area contributed by atoms with Crippen LogP contribution in [0.15, 0.2) is 35.5 Å². The van der Waals surface area contributed by atoms with Crippen molar-refractivity contribution in [3.05, 3.63) is 52.0 Å². The molecule has 0 saturated carbocycles. The van der Waals surface area contributed by atoms with E-state index < -0.39 is 58.3 Å². The lowest BCUT2D eigenvalue weighted by Gasteiger charge is -2.08. The van der Waals surface area contributed by atoms with Gasteiger partial charge in [0.05, 0.1) is 4.90 Å². The third-order valence-electron chi connectivity index (χ3n) is 3.52. The summed E-state index contributed by atoms with van der Waals surface area (Å²) >= 11 is 0. The molecule has 10 nitrogen and oxygen atoms in total. The van der Waals surface area contributed by atoms with Gasteiger partial charge < -0.3 is 15.4 Å². The molecule has 14 heteroatoms. The number of nitro groups is 1. The van der Waals surface area contributed by atoms with Gasteiger partial charge in [0.2, 0.25) is 0 Å². The van der Waals surface area contributed by atoms with Crippen LogP contribution in [-0.2, 0) is 32.2 Å². The Balaban J connectivity index is 2.13. The quantitative estimate of drug-likeness (QED) is 0.378. The van der Waals surface area contributed by atoms with Gasteiger partial charge in [-0.05, 0) is 24.0 Å². The molecule has 0 aliphatic carbocycles. The minimum Gasteiger partial charge on any atom is -0.358 e. The minimum absolute atomic E-state index is 0.170. The summed E-state index contributed by atoms with van der Waals surface area (Å²) in [5.74, 6) is -1.91. The second-order valence-electron chi connectivity index (χ2n) is 5.82. The summed E-state index contributed by atoms with van der Waals surface area (Å²) in [5, 5.41) is 12.8. The van der Waals surface area contributed by atoms with Crippen molar-refractivity contribution in [1.82, 2.24) is 14.9 Å². The van der Waals surface area contributed by atoms with Crippen molar-refractivity contribution in [1.29, 1.82) is 0 Å². The molecule has 0 radical (unpaired) electrons. The molecule has 0 saturated heterocycles. The Morgan fingerprint density at radius 1 is 1.31 bits per heavy atom. The first kappa shape index (κ1) is 22.3. The predicted octanol–water partition coefficient (Wildman–Crippen LogP) is 1.68. The molecule has 29 heavy (non-hydrogen) atoms. The number of carbonyl (C=O) groups excluding carboxylic acids is 1. The third-order valence-corrected chi connectivity index (χ3v) is 4.79. The van der Waals surface area contributed by atoms with E-state index in [0.717, 1.165) is 11.9 Å². The number of halogens is 3. The highest BCUT2D eigenvalue weighted by molar-refractivity contribution is 7.86. The first-order valence-corrected chi connectivity index (χ1v) is 9.28. The number of aryl methyl sites for hydroxylation is 1. The highest BCUT2D eigenvalue weighted by Gasteiger charge is 2.30. The maximum absolute atomic E-state index is 12.2. The van der Waals surface area contributed by atoms with E-state index in [-0.39, 0.29) is 4.90 Å².